The summed E-state index contributed by atoms with van der Waals surface area (Å²) in [6.07, 6.45) is 1.65. The zero-order valence-electron chi connectivity index (χ0n) is 16.7. The van der Waals surface area contributed by atoms with Crippen LogP contribution >= 0.6 is 15.9 Å². The highest BCUT2D eigenvalue weighted by Gasteiger charge is 2.11. The predicted molar refractivity (Wildman–Crippen MR) is 118 cm³/mol. The molecule has 0 radical (unpaired) electrons. The van der Waals surface area contributed by atoms with E-state index in [1.807, 2.05) is 44.2 Å². The zero-order chi connectivity index (χ0) is 21.0. The SMILES string of the molecule is COc1ccc(C(=O)NN=Cc2cc(C)n(-c3ccc(Br)cc3)c2C)cc1OC. The van der Waals surface area contributed by atoms with Crippen LogP contribution in [0.25, 0.3) is 5.69 Å². The largest absolute Gasteiger partial charge is 0.493 e. The van der Waals surface area contributed by atoms with Crippen LogP contribution in [0.5, 0.6) is 11.5 Å². The van der Waals surface area contributed by atoms with Gasteiger partial charge in [0.1, 0.15) is 0 Å². The molecule has 2 aromatic carbocycles. The number of methoxy groups -OCH3 is 2. The number of carbonyl (C=O) groups excluding carboxylic acids is 1. The molecule has 1 amide bonds. The number of halogens is 1. The first kappa shape index (κ1) is 20.7. The molecule has 0 aliphatic rings. The Morgan fingerprint density at radius 3 is 2.38 bits per heavy atom. The topological polar surface area (TPSA) is 64.8 Å². The lowest BCUT2D eigenvalue weighted by atomic mass is 10.2. The van der Waals surface area contributed by atoms with Crippen molar-refractivity contribution in [3.05, 3.63) is 75.5 Å². The van der Waals surface area contributed by atoms with Gasteiger partial charge in [0.25, 0.3) is 5.91 Å². The number of benzene rings is 2. The van der Waals surface area contributed by atoms with Crippen LogP contribution in [0.2, 0.25) is 0 Å². The number of aromatic nitrogens is 1. The van der Waals surface area contributed by atoms with E-state index in [-0.39, 0.29) is 5.91 Å². The van der Waals surface area contributed by atoms with Gasteiger partial charge in [-0.3, -0.25) is 4.79 Å². The second-order valence-corrected chi connectivity index (χ2v) is 7.32. The maximum atomic E-state index is 12.4. The molecule has 0 spiro atoms. The fraction of sp³-hybridized carbons (Fsp3) is 0.182. The summed E-state index contributed by atoms with van der Waals surface area (Å²) in [5.41, 5.74) is 7.10. The van der Waals surface area contributed by atoms with Gasteiger partial charge >= 0.3 is 0 Å². The Hall–Kier alpha value is -3.06. The van der Waals surface area contributed by atoms with E-state index in [1.165, 1.54) is 7.11 Å². The van der Waals surface area contributed by atoms with Gasteiger partial charge in [-0.2, -0.15) is 5.10 Å². The van der Waals surface area contributed by atoms with Crippen molar-refractivity contribution in [3.8, 4) is 17.2 Å². The number of amides is 1. The van der Waals surface area contributed by atoms with Crippen molar-refractivity contribution in [1.82, 2.24) is 9.99 Å². The van der Waals surface area contributed by atoms with Crippen LogP contribution in [0, 0.1) is 13.8 Å². The molecule has 0 fully saturated rings. The van der Waals surface area contributed by atoms with E-state index in [9.17, 15) is 4.79 Å². The third-order valence-electron chi connectivity index (χ3n) is 4.57. The molecule has 1 N–H and O–H groups in total. The molecule has 0 atom stereocenters. The van der Waals surface area contributed by atoms with Crippen molar-refractivity contribution in [2.75, 3.05) is 14.2 Å². The molecule has 3 rings (SSSR count). The van der Waals surface area contributed by atoms with Gasteiger partial charge in [0.05, 0.1) is 20.4 Å². The Morgan fingerprint density at radius 1 is 1.03 bits per heavy atom. The average molecular weight is 456 g/mol. The van der Waals surface area contributed by atoms with Crippen molar-refractivity contribution in [2.24, 2.45) is 5.10 Å². The van der Waals surface area contributed by atoms with Crippen LogP contribution in [0.1, 0.15) is 27.3 Å². The van der Waals surface area contributed by atoms with Crippen molar-refractivity contribution >= 4 is 28.1 Å². The molecular weight excluding hydrogens is 434 g/mol. The highest BCUT2D eigenvalue weighted by Crippen LogP contribution is 2.27. The molecule has 0 aliphatic heterocycles. The molecule has 0 saturated carbocycles. The highest BCUT2D eigenvalue weighted by molar-refractivity contribution is 9.10. The molecule has 6 nitrogen and oxygen atoms in total. The van der Waals surface area contributed by atoms with E-state index in [4.69, 9.17) is 9.47 Å². The summed E-state index contributed by atoms with van der Waals surface area (Å²) in [4.78, 5) is 12.4. The summed E-state index contributed by atoms with van der Waals surface area (Å²) in [5, 5.41) is 4.12. The first-order valence-electron chi connectivity index (χ1n) is 8.95. The highest BCUT2D eigenvalue weighted by atomic mass is 79.9. The van der Waals surface area contributed by atoms with Gasteiger partial charge in [-0.05, 0) is 62.4 Å². The Bertz CT molecular complexity index is 1060. The molecule has 150 valence electrons. The third-order valence-corrected chi connectivity index (χ3v) is 5.10. The van der Waals surface area contributed by atoms with Gasteiger partial charge in [0.2, 0.25) is 0 Å². The molecule has 29 heavy (non-hydrogen) atoms. The number of nitrogens with zero attached hydrogens (tertiary/aromatic N) is 2. The van der Waals surface area contributed by atoms with Crippen LogP contribution in [0.15, 0.2) is 58.1 Å². The lowest BCUT2D eigenvalue weighted by Crippen LogP contribution is -2.17. The summed E-state index contributed by atoms with van der Waals surface area (Å²) in [6.45, 7) is 4.06. The monoisotopic (exact) mass is 455 g/mol. The fourth-order valence-corrected chi connectivity index (χ4v) is 3.37. The summed E-state index contributed by atoms with van der Waals surface area (Å²) in [5.74, 6) is 0.721. The minimum Gasteiger partial charge on any atom is -0.493 e. The molecule has 0 unspecified atom stereocenters. The van der Waals surface area contributed by atoms with E-state index in [2.05, 4.69) is 31.0 Å². The smallest absolute Gasteiger partial charge is 0.271 e. The molecule has 0 aliphatic carbocycles. The van der Waals surface area contributed by atoms with E-state index in [1.54, 1.807) is 31.5 Å². The van der Waals surface area contributed by atoms with Crippen LogP contribution < -0.4 is 14.9 Å². The second kappa shape index (κ2) is 8.96. The molecular formula is C22H22BrN3O3. The summed E-state index contributed by atoms with van der Waals surface area (Å²) < 4.78 is 13.6. The van der Waals surface area contributed by atoms with Gasteiger partial charge in [-0.1, -0.05) is 15.9 Å². The molecule has 3 aromatic rings. The molecule has 0 bridgehead atoms. The van der Waals surface area contributed by atoms with Crippen molar-refractivity contribution in [2.45, 2.75) is 13.8 Å². The van der Waals surface area contributed by atoms with E-state index in [0.717, 1.165) is 27.1 Å². The van der Waals surface area contributed by atoms with Crippen molar-refractivity contribution in [1.29, 1.82) is 0 Å². The fourth-order valence-electron chi connectivity index (χ4n) is 3.11. The first-order valence-corrected chi connectivity index (χ1v) is 9.74. The summed E-state index contributed by atoms with van der Waals surface area (Å²) in [7, 11) is 3.07. The van der Waals surface area contributed by atoms with E-state index < -0.39 is 0 Å². The summed E-state index contributed by atoms with van der Waals surface area (Å²) >= 11 is 3.46. The van der Waals surface area contributed by atoms with Gasteiger partial charge in [0.15, 0.2) is 11.5 Å². The lowest BCUT2D eigenvalue weighted by molar-refractivity contribution is 0.0954. The Balaban J connectivity index is 1.76. The zero-order valence-corrected chi connectivity index (χ0v) is 18.3. The number of nitrogens with one attached hydrogen (secondary N) is 1. The first-order chi connectivity index (χ1) is 13.9. The number of hydrogen-bond acceptors (Lipinski definition) is 4. The molecule has 1 aromatic heterocycles. The molecule has 7 heteroatoms. The lowest BCUT2D eigenvalue weighted by Gasteiger charge is -2.09. The quantitative estimate of drug-likeness (QED) is 0.434. The van der Waals surface area contributed by atoms with Gasteiger partial charge in [-0.15, -0.1) is 0 Å². The van der Waals surface area contributed by atoms with Crippen LogP contribution in [0.4, 0.5) is 0 Å². The molecule has 0 saturated heterocycles. The number of rotatable bonds is 6. The maximum Gasteiger partial charge on any atom is 0.271 e. The van der Waals surface area contributed by atoms with Crippen molar-refractivity contribution in [3.63, 3.8) is 0 Å². The average Bonchev–Trinajstić information content (AvgIpc) is 3.01. The van der Waals surface area contributed by atoms with E-state index >= 15 is 0 Å². The number of aryl methyl sites for hydroxylation is 1. The van der Waals surface area contributed by atoms with E-state index in [0.29, 0.717) is 17.1 Å². The normalized spacial score (nSPS) is 10.9. The standard InChI is InChI=1S/C22H22BrN3O3/c1-14-11-17(15(2)26(14)19-8-6-18(23)7-9-19)13-24-25-22(27)16-5-10-20(28-3)21(12-16)29-4/h5-13H,1-4H3,(H,25,27). The number of hydrogen-bond donors (Lipinski definition) is 1. The number of carbonyl (C=O) groups is 1. The number of hydrazone groups is 1. The van der Waals surface area contributed by atoms with Crippen LogP contribution in [-0.4, -0.2) is 30.9 Å². The number of ether oxygens (including phenoxy) is 2. The Morgan fingerprint density at radius 2 is 1.72 bits per heavy atom. The minimum absolute atomic E-state index is 0.330. The third kappa shape index (κ3) is 4.51. The second-order valence-electron chi connectivity index (χ2n) is 6.41. The minimum atomic E-state index is -0.330. The predicted octanol–water partition coefficient (Wildman–Crippen LogP) is 4.64. The van der Waals surface area contributed by atoms with Crippen molar-refractivity contribution < 1.29 is 14.3 Å². The van der Waals surface area contributed by atoms with Crippen LogP contribution in [0.3, 0.4) is 0 Å². The van der Waals surface area contributed by atoms with Gasteiger partial charge in [-0.25, -0.2) is 5.43 Å². The Labute approximate surface area is 178 Å². The Kier molecular flexibility index (Phi) is 6.39. The summed E-state index contributed by atoms with van der Waals surface area (Å²) in [6, 6.07) is 15.1. The maximum absolute atomic E-state index is 12.4. The van der Waals surface area contributed by atoms with Crippen LogP contribution in [-0.2, 0) is 0 Å². The van der Waals surface area contributed by atoms with Gasteiger partial charge < -0.3 is 14.0 Å². The van der Waals surface area contributed by atoms with Gasteiger partial charge in [0, 0.05) is 32.7 Å². The molecule has 1 heterocycles.